The molecule has 2 aromatic heterocycles. The summed E-state index contributed by atoms with van der Waals surface area (Å²) in [5.74, 6) is -0.526. The number of amides is 2. The molecule has 0 radical (unpaired) electrons. The zero-order chi connectivity index (χ0) is 17.7. The number of nitrogens with one attached hydrogen (secondary N) is 2. The van der Waals surface area contributed by atoms with Crippen molar-refractivity contribution in [1.82, 2.24) is 10.3 Å². The minimum Gasteiger partial charge on any atom is -0.469 e. The van der Waals surface area contributed by atoms with E-state index in [4.69, 9.17) is 0 Å². The molecule has 1 atom stereocenters. The number of carbonyl (C=O) groups excluding carboxylic acids is 2. The highest BCUT2D eigenvalue weighted by molar-refractivity contribution is 7.14. The number of rotatable bonds is 5. The Morgan fingerprint density at radius 2 is 2.12 bits per heavy atom. The molecule has 0 bridgehead atoms. The Kier molecular flexibility index (Phi) is 5.78. The van der Waals surface area contributed by atoms with E-state index in [1.165, 1.54) is 18.4 Å². The smallest absolute Gasteiger partial charge is 0.434 e. The number of nitrogens with zero attached hydrogens (tertiary/aromatic N) is 1. The third-order valence-electron chi connectivity index (χ3n) is 2.81. The summed E-state index contributed by atoms with van der Waals surface area (Å²) in [7, 11) is 1.22. The number of hydrogen-bond acceptors (Lipinski definition) is 6. The van der Waals surface area contributed by atoms with Crippen LogP contribution in [0.3, 0.4) is 0 Å². The second-order valence-corrected chi connectivity index (χ2v) is 6.32. The number of halogens is 3. The number of ether oxygens (including phenoxy) is 1. The Balaban J connectivity index is 2.02. The van der Waals surface area contributed by atoms with E-state index >= 15 is 0 Å². The summed E-state index contributed by atoms with van der Waals surface area (Å²) < 4.78 is 42.0. The van der Waals surface area contributed by atoms with Gasteiger partial charge in [-0.2, -0.15) is 13.2 Å². The fraction of sp³-hybridized carbons (Fsp3) is 0.308. The van der Waals surface area contributed by atoms with Crippen molar-refractivity contribution in [2.24, 2.45) is 0 Å². The van der Waals surface area contributed by atoms with Gasteiger partial charge in [-0.3, -0.25) is 10.1 Å². The number of thiazole rings is 1. The number of aromatic nitrogens is 1. The molecule has 0 aromatic carbocycles. The minimum absolute atomic E-state index is 0.101. The number of hydrogen-bond donors (Lipinski definition) is 2. The second-order valence-electron chi connectivity index (χ2n) is 4.48. The van der Waals surface area contributed by atoms with Gasteiger partial charge >= 0.3 is 18.2 Å². The van der Waals surface area contributed by atoms with Gasteiger partial charge < -0.3 is 10.1 Å². The van der Waals surface area contributed by atoms with E-state index in [0.717, 1.165) is 5.38 Å². The van der Waals surface area contributed by atoms with Crippen LogP contribution in [0.25, 0.3) is 0 Å². The molecule has 0 aliphatic rings. The van der Waals surface area contributed by atoms with Crippen LogP contribution in [0.2, 0.25) is 0 Å². The maximum Gasteiger partial charge on any atom is 0.434 e. The highest BCUT2D eigenvalue weighted by Gasteiger charge is 2.34. The molecule has 130 valence electrons. The van der Waals surface area contributed by atoms with Gasteiger partial charge in [0.1, 0.15) is 0 Å². The maximum absolute atomic E-state index is 12.5. The Bertz CT molecular complexity index is 701. The van der Waals surface area contributed by atoms with E-state index in [-0.39, 0.29) is 11.6 Å². The molecule has 0 aliphatic carbocycles. The number of urea groups is 1. The summed E-state index contributed by atoms with van der Waals surface area (Å²) >= 11 is 1.98. The van der Waals surface area contributed by atoms with Gasteiger partial charge in [-0.15, -0.1) is 22.7 Å². The number of thiophene rings is 1. The maximum atomic E-state index is 12.5. The van der Waals surface area contributed by atoms with Crippen molar-refractivity contribution in [3.8, 4) is 0 Å². The molecule has 1 unspecified atom stereocenters. The third kappa shape index (κ3) is 4.93. The number of carbonyl (C=O) groups is 2. The average molecular weight is 379 g/mol. The SMILES string of the molecule is COC(=O)CC(NC(=O)Nc1nc(C(F)(F)F)cs1)c1cccs1. The molecule has 0 saturated carbocycles. The minimum atomic E-state index is -4.57. The lowest BCUT2D eigenvalue weighted by Gasteiger charge is -2.16. The van der Waals surface area contributed by atoms with Crippen molar-refractivity contribution >= 4 is 39.8 Å². The highest BCUT2D eigenvalue weighted by Crippen LogP contribution is 2.31. The Hall–Kier alpha value is -2.14. The lowest BCUT2D eigenvalue weighted by atomic mass is 10.2. The molecule has 0 saturated heterocycles. The first kappa shape index (κ1) is 18.2. The van der Waals surface area contributed by atoms with Gasteiger partial charge in [-0.05, 0) is 11.4 Å². The normalized spacial score (nSPS) is 12.5. The van der Waals surface area contributed by atoms with Gasteiger partial charge in [0.2, 0.25) is 0 Å². The van der Waals surface area contributed by atoms with Crippen LogP contribution in [0.1, 0.15) is 23.0 Å². The molecular weight excluding hydrogens is 367 g/mol. The third-order valence-corrected chi connectivity index (χ3v) is 4.55. The first-order chi connectivity index (χ1) is 11.3. The number of alkyl halides is 3. The van der Waals surface area contributed by atoms with E-state index < -0.39 is 29.9 Å². The van der Waals surface area contributed by atoms with E-state index in [1.54, 1.807) is 17.5 Å². The van der Waals surface area contributed by atoms with Crippen LogP contribution in [0, 0.1) is 0 Å². The topological polar surface area (TPSA) is 80.3 Å². The fourth-order valence-electron chi connectivity index (χ4n) is 1.72. The van der Waals surface area contributed by atoms with Crippen LogP contribution in [-0.2, 0) is 15.7 Å². The van der Waals surface area contributed by atoms with E-state index in [2.05, 4.69) is 20.4 Å². The number of methoxy groups -OCH3 is 1. The van der Waals surface area contributed by atoms with Gasteiger partial charge in [-0.1, -0.05) is 6.07 Å². The van der Waals surface area contributed by atoms with Crippen molar-refractivity contribution in [2.75, 3.05) is 12.4 Å². The molecular formula is C13H12F3N3O3S2. The summed E-state index contributed by atoms with van der Waals surface area (Å²) in [6.45, 7) is 0. The monoisotopic (exact) mass is 379 g/mol. The summed E-state index contributed by atoms with van der Waals surface area (Å²) in [5.41, 5.74) is -1.08. The molecule has 2 N–H and O–H groups in total. The van der Waals surface area contributed by atoms with E-state index in [9.17, 15) is 22.8 Å². The first-order valence-electron chi connectivity index (χ1n) is 6.50. The number of esters is 1. The Labute approximate surface area is 142 Å². The molecule has 2 heterocycles. The van der Waals surface area contributed by atoms with Gasteiger partial charge in [0.05, 0.1) is 19.6 Å². The fourth-order valence-corrected chi connectivity index (χ4v) is 3.21. The van der Waals surface area contributed by atoms with Crippen molar-refractivity contribution in [3.05, 3.63) is 33.5 Å². The highest BCUT2D eigenvalue weighted by atomic mass is 32.1. The van der Waals surface area contributed by atoms with Crippen molar-refractivity contribution in [2.45, 2.75) is 18.6 Å². The molecule has 11 heteroatoms. The molecule has 24 heavy (non-hydrogen) atoms. The second kappa shape index (κ2) is 7.62. The van der Waals surface area contributed by atoms with Crippen LogP contribution >= 0.6 is 22.7 Å². The summed E-state index contributed by atoms with van der Waals surface area (Å²) in [6.07, 6.45) is -4.67. The van der Waals surface area contributed by atoms with Gasteiger partial charge in [0.15, 0.2) is 10.8 Å². The molecule has 2 aromatic rings. The Morgan fingerprint density at radius 1 is 1.38 bits per heavy atom. The zero-order valence-corrected chi connectivity index (χ0v) is 13.8. The van der Waals surface area contributed by atoms with Gasteiger partial charge in [0, 0.05) is 10.3 Å². The summed E-state index contributed by atoms with van der Waals surface area (Å²) in [6, 6.07) is 2.06. The van der Waals surface area contributed by atoms with Crippen molar-refractivity contribution < 1.29 is 27.5 Å². The van der Waals surface area contributed by atoms with Crippen LogP contribution in [0.5, 0.6) is 0 Å². The lowest BCUT2D eigenvalue weighted by Crippen LogP contribution is -2.33. The van der Waals surface area contributed by atoms with Crippen molar-refractivity contribution in [1.29, 1.82) is 0 Å². The van der Waals surface area contributed by atoms with Crippen molar-refractivity contribution in [3.63, 3.8) is 0 Å². The first-order valence-corrected chi connectivity index (χ1v) is 8.26. The molecule has 6 nitrogen and oxygen atoms in total. The molecule has 0 spiro atoms. The molecule has 0 aliphatic heterocycles. The Morgan fingerprint density at radius 3 is 2.67 bits per heavy atom. The van der Waals surface area contributed by atoms with Crippen LogP contribution in [0.4, 0.5) is 23.1 Å². The predicted octanol–water partition coefficient (Wildman–Crippen LogP) is 3.65. The largest absolute Gasteiger partial charge is 0.469 e. The number of anilines is 1. The average Bonchev–Trinajstić information content (AvgIpc) is 3.16. The lowest BCUT2D eigenvalue weighted by molar-refractivity contribution is -0.141. The summed E-state index contributed by atoms with van der Waals surface area (Å²) in [5, 5.41) is 7.14. The van der Waals surface area contributed by atoms with Gasteiger partial charge in [-0.25, -0.2) is 9.78 Å². The zero-order valence-electron chi connectivity index (χ0n) is 12.2. The molecule has 2 rings (SSSR count). The quantitative estimate of drug-likeness (QED) is 0.777. The van der Waals surface area contributed by atoms with Crippen LogP contribution in [-0.4, -0.2) is 24.1 Å². The molecule has 2 amide bonds. The predicted molar refractivity (Wildman–Crippen MR) is 83.0 cm³/mol. The van der Waals surface area contributed by atoms with E-state index in [1.807, 2.05) is 0 Å². The van der Waals surface area contributed by atoms with Gasteiger partial charge in [0.25, 0.3) is 0 Å². The van der Waals surface area contributed by atoms with Crippen LogP contribution < -0.4 is 10.6 Å². The molecule has 0 fully saturated rings. The van der Waals surface area contributed by atoms with Crippen LogP contribution in [0.15, 0.2) is 22.9 Å². The summed E-state index contributed by atoms with van der Waals surface area (Å²) in [4.78, 5) is 27.4. The van der Waals surface area contributed by atoms with E-state index in [0.29, 0.717) is 16.2 Å². The standard InChI is InChI=1S/C13H12F3N3O3S2/c1-22-10(20)5-7(8-3-2-4-23-8)17-11(21)19-12-18-9(6-24-12)13(14,15)16/h2-4,6-7H,5H2,1H3,(H2,17,18,19,21).